The Balaban J connectivity index is 1.94. The molecule has 0 spiro atoms. The van der Waals surface area contributed by atoms with Crippen molar-refractivity contribution < 1.29 is 14.3 Å². The smallest absolute Gasteiger partial charge is 0.407 e. The molecule has 2 unspecified atom stereocenters. The number of ether oxygens (including phenoxy) is 1. The van der Waals surface area contributed by atoms with E-state index in [1.807, 2.05) is 4.90 Å². The second kappa shape index (κ2) is 6.43. The zero-order valence-electron chi connectivity index (χ0n) is 12.4. The molecule has 0 radical (unpaired) electrons. The molecule has 2 heterocycles. The van der Waals surface area contributed by atoms with Crippen molar-refractivity contribution in [2.45, 2.75) is 38.6 Å². The summed E-state index contributed by atoms with van der Waals surface area (Å²) in [7, 11) is 1.35. The third-order valence-electron chi connectivity index (χ3n) is 4.59. The zero-order valence-corrected chi connectivity index (χ0v) is 12.4. The number of nitrogens with zero attached hydrogens (tertiary/aromatic N) is 1. The van der Waals surface area contributed by atoms with Gasteiger partial charge in [-0.25, -0.2) is 4.79 Å². The molecule has 0 aliphatic carbocycles. The molecule has 2 rings (SSSR count). The first-order chi connectivity index (χ1) is 9.61. The minimum Gasteiger partial charge on any atom is -0.453 e. The average Bonchev–Trinajstić information content (AvgIpc) is 2.95. The van der Waals surface area contributed by atoms with Crippen molar-refractivity contribution in [3.63, 3.8) is 0 Å². The van der Waals surface area contributed by atoms with Gasteiger partial charge in [0, 0.05) is 19.6 Å². The number of likely N-dealkylation sites (tertiary alicyclic amines) is 1. The van der Waals surface area contributed by atoms with E-state index in [4.69, 9.17) is 0 Å². The summed E-state index contributed by atoms with van der Waals surface area (Å²) in [5, 5.41) is 6.12. The highest BCUT2D eigenvalue weighted by molar-refractivity contribution is 5.83. The Kier molecular flexibility index (Phi) is 4.86. The molecule has 114 valence electrons. The Hall–Kier alpha value is -1.30. The van der Waals surface area contributed by atoms with E-state index in [1.165, 1.54) is 7.11 Å². The maximum atomic E-state index is 12.8. The van der Waals surface area contributed by atoms with Crippen LogP contribution in [0.25, 0.3) is 0 Å². The largest absolute Gasteiger partial charge is 0.453 e. The Labute approximate surface area is 120 Å². The molecule has 2 aliphatic heterocycles. The van der Waals surface area contributed by atoms with Gasteiger partial charge in [0.05, 0.1) is 18.6 Å². The molecular formula is C14H25N3O3. The number of carbonyl (C=O) groups excluding carboxylic acids is 2. The van der Waals surface area contributed by atoms with Gasteiger partial charge >= 0.3 is 6.09 Å². The van der Waals surface area contributed by atoms with Gasteiger partial charge in [0.1, 0.15) is 0 Å². The summed E-state index contributed by atoms with van der Waals surface area (Å²) < 4.78 is 4.60. The van der Waals surface area contributed by atoms with E-state index in [9.17, 15) is 9.59 Å². The number of nitrogens with one attached hydrogen (secondary N) is 2. The number of piperidine rings is 1. The first-order valence-electron chi connectivity index (χ1n) is 7.46. The Morgan fingerprint density at radius 3 is 2.90 bits per heavy atom. The average molecular weight is 283 g/mol. The number of hydrogen-bond donors (Lipinski definition) is 2. The fourth-order valence-electron chi connectivity index (χ4n) is 3.23. The van der Waals surface area contributed by atoms with Crippen molar-refractivity contribution in [2.75, 3.05) is 33.3 Å². The van der Waals surface area contributed by atoms with Crippen LogP contribution in [0.15, 0.2) is 0 Å². The second-order valence-electron chi connectivity index (χ2n) is 5.79. The van der Waals surface area contributed by atoms with Crippen molar-refractivity contribution in [2.24, 2.45) is 5.41 Å². The lowest BCUT2D eigenvalue weighted by atomic mass is 9.77. The molecule has 0 aromatic heterocycles. The van der Waals surface area contributed by atoms with Crippen LogP contribution in [0.4, 0.5) is 4.79 Å². The molecule has 6 nitrogen and oxygen atoms in total. The molecule has 2 fully saturated rings. The van der Waals surface area contributed by atoms with Crippen LogP contribution in [0.2, 0.25) is 0 Å². The Bertz CT molecular complexity index is 367. The molecule has 20 heavy (non-hydrogen) atoms. The molecule has 2 saturated heterocycles. The van der Waals surface area contributed by atoms with E-state index >= 15 is 0 Å². The maximum absolute atomic E-state index is 12.8. The summed E-state index contributed by atoms with van der Waals surface area (Å²) in [4.78, 5) is 25.9. The van der Waals surface area contributed by atoms with Gasteiger partial charge in [-0.05, 0) is 32.2 Å². The van der Waals surface area contributed by atoms with Crippen LogP contribution in [-0.2, 0) is 9.53 Å². The summed E-state index contributed by atoms with van der Waals surface area (Å²) in [5.74, 6) is 0.237. The lowest BCUT2D eigenvalue weighted by Crippen LogP contribution is -2.51. The third kappa shape index (κ3) is 3.06. The van der Waals surface area contributed by atoms with Gasteiger partial charge in [0.25, 0.3) is 0 Å². The van der Waals surface area contributed by atoms with Crippen LogP contribution in [-0.4, -0.2) is 56.2 Å². The molecule has 2 N–H and O–H groups in total. The summed E-state index contributed by atoms with van der Waals surface area (Å²) in [6.07, 6.45) is 3.25. The van der Waals surface area contributed by atoms with Gasteiger partial charge in [-0.2, -0.15) is 0 Å². The fraction of sp³-hybridized carbons (Fsp3) is 0.857. The molecule has 6 heteroatoms. The Morgan fingerprint density at radius 2 is 2.30 bits per heavy atom. The van der Waals surface area contributed by atoms with Crippen molar-refractivity contribution in [3.05, 3.63) is 0 Å². The Morgan fingerprint density at radius 1 is 1.50 bits per heavy atom. The zero-order chi connectivity index (χ0) is 14.6. The van der Waals surface area contributed by atoms with E-state index < -0.39 is 6.09 Å². The molecule has 0 bridgehead atoms. The highest BCUT2D eigenvalue weighted by atomic mass is 16.5. The number of rotatable bonds is 3. The molecule has 0 saturated carbocycles. The van der Waals surface area contributed by atoms with Crippen LogP contribution in [0.1, 0.15) is 32.6 Å². The van der Waals surface area contributed by atoms with Crippen molar-refractivity contribution in [3.8, 4) is 0 Å². The summed E-state index contributed by atoms with van der Waals surface area (Å²) >= 11 is 0. The van der Waals surface area contributed by atoms with E-state index in [1.54, 1.807) is 0 Å². The summed E-state index contributed by atoms with van der Waals surface area (Å²) in [5.41, 5.74) is -0.252. The van der Waals surface area contributed by atoms with Crippen LogP contribution < -0.4 is 10.6 Å². The number of alkyl carbamates (subject to hydrolysis) is 1. The molecule has 0 aromatic carbocycles. The van der Waals surface area contributed by atoms with Crippen molar-refractivity contribution >= 4 is 12.0 Å². The van der Waals surface area contributed by atoms with Crippen molar-refractivity contribution in [1.29, 1.82) is 0 Å². The van der Waals surface area contributed by atoms with Gasteiger partial charge in [-0.1, -0.05) is 6.92 Å². The van der Waals surface area contributed by atoms with Crippen LogP contribution in [0.5, 0.6) is 0 Å². The number of amides is 2. The fourth-order valence-corrected chi connectivity index (χ4v) is 3.23. The predicted octanol–water partition coefficient (Wildman–Crippen LogP) is 0.723. The first-order valence-corrected chi connectivity index (χ1v) is 7.46. The first kappa shape index (κ1) is 15.1. The quantitative estimate of drug-likeness (QED) is 0.801. The SMILES string of the molecule is CCC1(C(=O)N2CCC(NC(=O)OC)C2)CCCNC1. The highest BCUT2D eigenvalue weighted by Gasteiger charge is 2.42. The van der Waals surface area contributed by atoms with Crippen LogP contribution >= 0.6 is 0 Å². The maximum Gasteiger partial charge on any atom is 0.407 e. The molecule has 2 amide bonds. The molecule has 0 aromatic rings. The highest BCUT2D eigenvalue weighted by Crippen LogP contribution is 2.33. The predicted molar refractivity (Wildman–Crippen MR) is 75.4 cm³/mol. The summed E-state index contributed by atoms with van der Waals surface area (Å²) in [6, 6.07) is 0.0110. The number of carbonyl (C=O) groups is 2. The van der Waals surface area contributed by atoms with E-state index in [0.29, 0.717) is 6.54 Å². The van der Waals surface area contributed by atoms with E-state index in [2.05, 4.69) is 22.3 Å². The van der Waals surface area contributed by atoms with E-state index in [0.717, 1.165) is 45.3 Å². The van der Waals surface area contributed by atoms with Crippen LogP contribution in [0.3, 0.4) is 0 Å². The van der Waals surface area contributed by atoms with Gasteiger partial charge < -0.3 is 20.3 Å². The standard InChI is InChI=1S/C14H25N3O3/c1-3-14(6-4-7-15-10-14)12(18)17-8-5-11(9-17)16-13(19)20-2/h11,15H,3-10H2,1-2H3,(H,16,19). The lowest BCUT2D eigenvalue weighted by molar-refractivity contribution is -0.142. The van der Waals surface area contributed by atoms with Crippen LogP contribution in [0, 0.1) is 5.41 Å². The molecular weight excluding hydrogens is 258 g/mol. The van der Waals surface area contributed by atoms with Crippen molar-refractivity contribution in [1.82, 2.24) is 15.5 Å². The van der Waals surface area contributed by atoms with Gasteiger partial charge in [0.2, 0.25) is 5.91 Å². The molecule has 2 atom stereocenters. The minimum atomic E-state index is -0.422. The van der Waals surface area contributed by atoms with E-state index in [-0.39, 0.29) is 17.4 Å². The monoisotopic (exact) mass is 283 g/mol. The lowest BCUT2D eigenvalue weighted by Gasteiger charge is -2.38. The second-order valence-corrected chi connectivity index (χ2v) is 5.79. The van der Waals surface area contributed by atoms with Gasteiger partial charge in [0.15, 0.2) is 0 Å². The number of methoxy groups -OCH3 is 1. The van der Waals surface area contributed by atoms with Gasteiger partial charge in [-0.3, -0.25) is 4.79 Å². The number of hydrogen-bond acceptors (Lipinski definition) is 4. The van der Waals surface area contributed by atoms with Gasteiger partial charge in [-0.15, -0.1) is 0 Å². The third-order valence-corrected chi connectivity index (χ3v) is 4.59. The normalized spacial score (nSPS) is 30.1. The topological polar surface area (TPSA) is 70.7 Å². The summed E-state index contributed by atoms with van der Waals surface area (Å²) in [6.45, 7) is 5.17. The minimum absolute atomic E-state index is 0.0110. The molecule has 2 aliphatic rings.